The van der Waals surface area contributed by atoms with Crippen molar-refractivity contribution in [2.75, 3.05) is 45.3 Å². The van der Waals surface area contributed by atoms with Crippen LogP contribution >= 0.6 is 0 Å². The average molecular weight is 437 g/mol. The zero-order valence-corrected chi connectivity index (χ0v) is 18.4. The minimum Gasteiger partial charge on any atom is -0.497 e. The number of anilines is 1. The second-order valence-corrected chi connectivity index (χ2v) is 7.63. The quantitative estimate of drug-likeness (QED) is 0.632. The Bertz CT molecular complexity index is 1070. The van der Waals surface area contributed by atoms with Crippen LogP contribution in [0.25, 0.3) is 11.3 Å². The van der Waals surface area contributed by atoms with Gasteiger partial charge < -0.3 is 28.9 Å². The highest BCUT2D eigenvalue weighted by atomic mass is 16.5. The molecule has 1 N–H and O–H groups in total. The Morgan fingerprint density at radius 2 is 1.72 bits per heavy atom. The van der Waals surface area contributed by atoms with E-state index in [0.29, 0.717) is 43.2 Å². The van der Waals surface area contributed by atoms with Crippen LogP contribution in [0.15, 0.2) is 53.1 Å². The van der Waals surface area contributed by atoms with E-state index in [1.807, 2.05) is 36.4 Å². The Morgan fingerprint density at radius 3 is 2.34 bits per heavy atom. The summed E-state index contributed by atoms with van der Waals surface area (Å²) in [7, 11) is 3.25. The van der Waals surface area contributed by atoms with E-state index in [1.165, 1.54) is 0 Å². The van der Waals surface area contributed by atoms with Gasteiger partial charge in [0, 0.05) is 31.7 Å². The highest BCUT2D eigenvalue weighted by molar-refractivity contribution is 6.01. The number of amides is 1. The molecule has 3 aromatic rings. The third-order valence-corrected chi connectivity index (χ3v) is 5.67. The molecule has 168 valence electrons. The van der Waals surface area contributed by atoms with Crippen molar-refractivity contribution < 1.29 is 23.9 Å². The van der Waals surface area contributed by atoms with E-state index < -0.39 is 6.10 Å². The molecule has 0 spiro atoms. The summed E-state index contributed by atoms with van der Waals surface area (Å²) in [6.45, 7) is 3.96. The molecule has 4 rings (SSSR count). The average Bonchev–Trinajstić information content (AvgIpc) is 3.29. The minimum atomic E-state index is -0.955. The fourth-order valence-electron chi connectivity index (χ4n) is 3.94. The van der Waals surface area contributed by atoms with Gasteiger partial charge in [-0.2, -0.15) is 0 Å². The molecule has 1 aromatic heterocycles. The molecule has 0 aliphatic carbocycles. The van der Waals surface area contributed by atoms with E-state index >= 15 is 0 Å². The van der Waals surface area contributed by atoms with Gasteiger partial charge in [0.2, 0.25) is 0 Å². The molecule has 32 heavy (non-hydrogen) atoms. The van der Waals surface area contributed by atoms with Crippen LogP contribution < -0.4 is 14.4 Å². The second kappa shape index (κ2) is 9.32. The van der Waals surface area contributed by atoms with Crippen LogP contribution in [0.1, 0.15) is 29.1 Å². The van der Waals surface area contributed by atoms with Crippen LogP contribution in [0.2, 0.25) is 0 Å². The summed E-state index contributed by atoms with van der Waals surface area (Å²) in [6.07, 6.45) is -0.955. The number of nitrogens with zero attached hydrogens (tertiary/aromatic N) is 3. The second-order valence-electron chi connectivity index (χ2n) is 7.63. The van der Waals surface area contributed by atoms with Crippen molar-refractivity contribution in [1.82, 2.24) is 10.1 Å². The number of aromatic nitrogens is 1. The Labute approximate surface area is 186 Å². The summed E-state index contributed by atoms with van der Waals surface area (Å²) in [4.78, 5) is 17.5. The van der Waals surface area contributed by atoms with Crippen LogP contribution in [0.5, 0.6) is 11.5 Å². The number of para-hydroxylation sites is 2. The smallest absolute Gasteiger partial charge is 0.259 e. The van der Waals surface area contributed by atoms with Gasteiger partial charge in [0.05, 0.1) is 19.9 Å². The molecule has 1 aliphatic heterocycles. The molecule has 2 aromatic carbocycles. The molecule has 0 unspecified atom stereocenters. The molecular formula is C24H27N3O5. The molecule has 8 heteroatoms. The predicted octanol–water partition coefficient (Wildman–Crippen LogP) is 3.37. The maximum absolute atomic E-state index is 13.5. The van der Waals surface area contributed by atoms with Crippen molar-refractivity contribution in [3.63, 3.8) is 0 Å². The van der Waals surface area contributed by atoms with Gasteiger partial charge in [0.1, 0.15) is 28.9 Å². The van der Waals surface area contributed by atoms with Crippen LogP contribution in [-0.2, 0) is 0 Å². The zero-order valence-electron chi connectivity index (χ0n) is 18.4. The largest absolute Gasteiger partial charge is 0.497 e. The van der Waals surface area contributed by atoms with Crippen molar-refractivity contribution in [3.8, 4) is 22.8 Å². The van der Waals surface area contributed by atoms with Crippen LogP contribution in [0.3, 0.4) is 0 Å². The summed E-state index contributed by atoms with van der Waals surface area (Å²) in [5.74, 6) is 1.48. The molecule has 0 saturated carbocycles. The highest BCUT2D eigenvalue weighted by Crippen LogP contribution is 2.32. The third-order valence-electron chi connectivity index (χ3n) is 5.67. The van der Waals surface area contributed by atoms with Gasteiger partial charge in [-0.1, -0.05) is 17.3 Å². The fourth-order valence-corrected chi connectivity index (χ4v) is 3.94. The third kappa shape index (κ3) is 4.13. The number of rotatable bonds is 6. The minimum absolute atomic E-state index is 0.174. The molecule has 0 radical (unpaired) electrons. The first kappa shape index (κ1) is 21.7. The van der Waals surface area contributed by atoms with E-state index in [-0.39, 0.29) is 11.7 Å². The SMILES string of the molecule is COc1ccc(-c2noc([C@H](C)O)c2C(=O)N2CCN(c3ccccc3OC)CC2)cc1. The lowest BCUT2D eigenvalue weighted by molar-refractivity contribution is 0.0735. The van der Waals surface area contributed by atoms with Gasteiger partial charge in [0.25, 0.3) is 5.91 Å². The van der Waals surface area contributed by atoms with Crippen LogP contribution in [0.4, 0.5) is 5.69 Å². The van der Waals surface area contributed by atoms with E-state index in [4.69, 9.17) is 14.0 Å². The first-order chi connectivity index (χ1) is 15.5. The van der Waals surface area contributed by atoms with Gasteiger partial charge in [-0.3, -0.25) is 4.79 Å². The molecule has 0 bridgehead atoms. The standard InChI is InChI=1S/C24H27N3O5/c1-16(28)23-21(22(25-32-23)17-8-10-18(30-2)11-9-17)24(29)27-14-12-26(13-15-27)19-6-4-5-7-20(19)31-3/h4-11,16,28H,12-15H2,1-3H3/t16-/m0/s1. The molecule has 8 nitrogen and oxygen atoms in total. The summed E-state index contributed by atoms with van der Waals surface area (Å²) in [5.41, 5.74) is 2.45. The number of ether oxygens (including phenoxy) is 2. The van der Waals surface area contributed by atoms with Crippen LogP contribution in [-0.4, -0.2) is 61.5 Å². The maximum atomic E-state index is 13.5. The number of aliphatic hydroxyl groups is 1. The number of piperazine rings is 1. The van der Waals surface area contributed by atoms with Crippen molar-refractivity contribution in [3.05, 3.63) is 59.9 Å². The fraction of sp³-hybridized carbons (Fsp3) is 0.333. The van der Waals surface area contributed by atoms with E-state index in [0.717, 1.165) is 17.0 Å². The topological polar surface area (TPSA) is 88.3 Å². The summed E-state index contributed by atoms with van der Waals surface area (Å²) in [5, 5.41) is 14.3. The van der Waals surface area contributed by atoms with Crippen LogP contribution in [0, 0.1) is 0 Å². The highest BCUT2D eigenvalue weighted by Gasteiger charge is 2.32. The van der Waals surface area contributed by atoms with Gasteiger partial charge >= 0.3 is 0 Å². The predicted molar refractivity (Wildman–Crippen MR) is 120 cm³/mol. The monoisotopic (exact) mass is 437 g/mol. The number of carbonyl (C=O) groups excluding carboxylic acids is 1. The van der Waals surface area contributed by atoms with Gasteiger partial charge in [-0.05, 0) is 43.3 Å². The number of benzene rings is 2. The molecule has 1 atom stereocenters. The lowest BCUT2D eigenvalue weighted by Gasteiger charge is -2.36. The number of aliphatic hydroxyl groups excluding tert-OH is 1. The van der Waals surface area contributed by atoms with Crippen molar-refractivity contribution in [2.45, 2.75) is 13.0 Å². The molecule has 1 fully saturated rings. The normalized spacial score (nSPS) is 14.9. The Hall–Kier alpha value is -3.52. The number of hydrogen-bond donors (Lipinski definition) is 1. The van der Waals surface area contributed by atoms with E-state index in [2.05, 4.69) is 10.1 Å². The first-order valence-electron chi connectivity index (χ1n) is 10.5. The molecule has 2 heterocycles. The van der Waals surface area contributed by atoms with Crippen molar-refractivity contribution in [1.29, 1.82) is 0 Å². The van der Waals surface area contributed by atoms with Gasteiger partial charge in [-0.25, -0.2) is 0 Å². The Balaban J connectivity index is 1.57. The number of carbonyl (C=O) groups is 1. The molecular weight excluding hydrogens is 410 g/mol. The molecule has 1 saturated heterocycles. The molecule has 1 aliphatic rings. The molecule has 1 amide bonds. The Morgan fingerprint density at radius 1 is 1.03 bits per heavy atom. The van der Waals surface area contributed by atoms with Crippen molar-refractivity contribution >= 4 is 11.6 Å². The van der Waals surface area contributed by atoms with Gasteiger partial charge in [-0.15, -0.1) is 0 Å². The van der Waals surface area contributed by atoms with Crippen molar-refractivity contribution in [2.24, 2.45) is 0 Å². The lowest BCUT2D eigenvalue weighted by atomic mass is 10.0. The van der Waals surface area contributed by atoms with E-state index in [9.17, 15) is 9.90 Å². The summed E-state index contributed by atoms with van der Waals surface area (Å²) in [6, 6.07) is 15.1. The maximum Gasteiger partial charge on any atom is 0.259 e. The van der Waals surface area contributed by atoms with Gasteiger partial charge in [0.15, 0.2) is 5.76 Å². The summed E-state index contributed by atoms with van der Waals surface area (Å²) >= 11 is 0. The van der Waals surface area contributed by atoms with E-state index in [1.54, 1.807) is 38.2 Å². The Kier molecular flexibility index (Phi) is 6.32. The lowest BCUT2D eigenvalue weighted by Crippen LogP contribution is -2.49. The summed E-state index contributed by atoms with van der Waals surface area (Å²) < 4.78 is 16.1. The first-order valence-corrected chi connectivity index (χ1v) is 10.5. The number of methoxy groups -OCH3 is 2. The number of hydrogen-bond acceptors (Lipinski definition) is 7. The zero-order chi connectivity index (χ0) is 22.7.